The fourth-order valence-corrected chi connectivity index (χ4v) is 3.07. The molecule has 2 aromatic rings. The molecule has 0 aliphatic carbocycles. The number of halogens is 2. The molecule has 0 fully saturated rings. The molecule has 1 nitrogen and oxygen atoms in total. The van der Waals surface area contributed by atoms with Gasteiger partial charge in [-0.2, -0.15) is 0 Å². The van der Waals surface area contributed by atoms with Crippen LogP contribution in [0.3, 0.4) is 0 Å². The molecule has 0 aromatic heterocycles. The first-order valence-corrected chi connectivity index (χ1v) is 7.70. The highest BCUT2D eigenvalue weighted by molar-refractivity contribution is 7.99. The summed E-state index contributed by atoms with van der Waals surface area (Å²) in [6.45, 7) is 1.98. The number of hydrogen-bond donors (Lipinski definition) is 1. The summed E-state index contributed by atoms with van der Waals surface area (Å²) >= 11 is 13.8. The third kappa shape index (κ3) is 4.15. The minimum Gasteiger partial charge on any atom is -0.323 e. The highest BCUT2D eigenvalue weighted by Crippen LogP contribution is 2.27. The molecule has 0 saturated heterocycles. The van der Waals surface area contributed by atoms with Crippen LogP contribution in [0.5, 0.6) is 0 Å². The van der Waals surface area contributed by atoms with E-state index in [1.54, 1.807) is 11.8 Å². The quantitative estimate of drug-likeness (QED) is 0.795. The average Bonchev–Trinajstić information content (AvgIpc) is 2.39. The Morgan fingerprint density at radius 2 is 1.95 bits per heavy atom. The molecule has 1 atom stereocenters. The van der Waals surface area contributed by atoms with Crippen molar-refractivity contribution in [3.05, 3.63) is 63.6 Å². The predicted molar refractivity (Wildman–Crippen MR) is 85.3 cm³/mol. The smallest absolute Gasteiger partial charge is 0.0438 e. The Hall–Kier alpha value is -0.670. The number of rotatable bonds is 4. The molecule has 0 aliphatic rings. The van der Waals surface area contributed by atoms with E-state index in [4.69, 9.17) is 28.9 Å². The summed E-state index contributed by atoms with van der Waals surface area (Å²) in [6, 6.07) is 13.7. The zero-order valence-corrected chi connectivity index (χ0v) is 12.9. The first-order chi connectivity index (χ1) is 9.06. The van der Waals surface area contributed by atoms with E-state index in [2.05, 4.69) is 0 Å². The van der Waals surface area contributed by atoms with Crippen molar-refractivity contribution in [2.24, 2.45) is 5.73 Å². The lowest BCUT2D eigenvalue weighted by Crippen LogP contribution is -2.12. The average molecular weight is 312 g/mol. The summed E-state index contributed by atoms with van der Waals surface area (Å²) in [5.41, 5.74) is 8.32. The third-order valence-corrected chi connectivity index (χ3v) is 4.61. The Morgan fingerprint density at radius 1 is 1.16 bits per heavy atom. The van der Waals surface area contributed by atoms with Gasteiger partial charge in [0.05, 0.1) is 0 Å². The van der Waals surface area contributed by atoms with Gasteiger partial charge < -0.3 is 5.73 Å². The molecule has 0 saturated carbocycles. The van der Waals surface area contributed by atoms with E-state index in [-0.39, 0.29) is 6.04 Å². The maximum Gasteiger partial charge on any atom is 0.0438 e. The Labute approximate surface area is 128 Å². The van der Waals surface area contributed by atoms with Crippen molar-refractivity contribution in [1.29, 1.82) is 0 Å². The van der Waals surface area contributed by atoms with Gasteiger partial charge in [-0.05, 0) is 42.3 Å². The van der Waals surface area contributed by atoms with Crippen molar-refractivity contribution < 1.29 is 0 Å². The van der Waals surface area contributed by atoms with Gasteiger partial charge in [0.15, 0.2) is 0 Å². The minimum atomic E-state index is -0.0397. The van der Waals surface area contributed by atoms with Crippen molar-refractivity contribution >= 4 is 35.0 Å². The summed E-state index contributed by atoms with van der Waals surface area (Å²) in [5.74, 6) is 0.791. The molecule has 4 heteroatoms. The fraction of sp³-hybridized carbons (Fsp3) is 0.200. The van der Waals surface area contributed by atoms with Gasteiger partial charge in [0.25, 0.3) is 0 Å². The lowest BCUT2D eigenvalue weighted by atomic mass is 10.1. The Balaban J connectivity index is 2.01. The van der Waals surface area contributed by atoms with Gasteiger partial charge in [0.1, 0.15) is 0 Å². The lowest BCUT2D eigenvalue weighted by Gasteiger charge is -2.13. The molecule has 2 N–H and O–H groups in total. The molecule has 2 rings (SSSR count). The number of benzene rings is 2. The van der Waals surface area contributed by atoms with E-state index >= 15 is 0 Å². The monoisotopic (exact) mass is 311 g/mol. The van der Waals surface area contributed by atoms with Gasteiger partial charge in [0, 0.05) is 26.7 Å². The predicted octanol–water partition coefficient (Wildman–Crippen LogP) is 5.09. The molecular weight excluding hydrogens is 297 g/mol. The van der Waals surface area contributed by atoms with Crippen LogP contribution < -0.4 is 5.73 Å². The van der Waals surface area contributed by atoms with Crippen LogP contribution in [0, 0.1) is 6.92 Å². The third-order valence-electron chi connectivity index (χ3n) is 2.85. The Morgan fingerprint density at radius 3 is 2.63 bits per heavy atom. The Kier molecular flexibility index (Phi) is 5.17. The highest BCUT2D eigenvalue weighted by Gasteiger charge is 2.08. The van der Waals surface area contributed by atoms with Crippen LogP contribution in [-0.2, 0) is 0 Å². The molecule has 0 heterocycles. The van der Waals surface area contributed by atoms with E-state index in [0.717, 1.165) is 31.8 Å². The van der Waals surface area contributed by atoms with Crippen LogP contribution in [0.1, 0.15) is 17.2 Å². The van der Waals surface area contributed by atoms with Crippen LogP contribution in [0.25, 0.3) is 0 Å². The molecule has 1 unspecified atom stereocenters. The highest BCUT2D eigenvalue weighted by atomic mass is 35.5. The summed E-state index contributed by atoms with van der Waals surface area (Å²) in [5, 5.41) is 1.51. The van der Waals surface area contributed by atoms with Gasteiger partial charge >= 0.3 is 0 Å². The van der Waals surface area contributed by atoms with Gasteiger partial charge in [-0.3, -0.25) is 0 Å². The maximum absolute atomic E-state index is 6.19. The second kappa shape index (κ2) is 6.67. The van der Waals surface area contributed by atoms with Gasteiger partial charge in [0.2, 0.25) is 0 Å². The van der Waals surface area contributed by atoms with Crippen molar-refractivity contribution in [3.8, 4) is 0 Å². The standard InChI is InChI=1S/C15H15Cl2NS/c1-10-5-6-11(7-14(10)17)15(18)9-19-13-4-2-3-12(16)8-13/h2-8,15H,9,18H2,1H3. The molecule has 0 bridgehead atoms. The number of nitrogens with two attached hydrogens (primary N) is 1. The van der Waals surface area contributed by atoms with Crippen molar-refractivity contribution in [1.82, 2.24) is 0 Å². The number of thioether (sulfide) groups is 1. The zero-order chi connectivity index (χ0) is 13.8. The van der Waals surface area contributed by atoms with Crippen molar-refractivity contribution in [2.75, 3.05) is 5.75 Å². The normalized spacial score (nSPS) is 12.4. The van der Waals surface area contributed by atoms with E-state index in [9.17, 15) is 0 Å². The lowest BCUT2D eigenvalue weighted by molar-refractivity contribution is 0.831. The second-order valence-corrected chi connectivity index (χ2v) is 6.32. The number of aryl methyl sites for hydroxylation is 1. The van der Waals surface area contributed by atoms with Crippen molar-refractivity contribution in [3.63, 3.8) is 0 Å². The van der Waals surface area contributed by atoms with E-state index < -0.39 is 0 Å². The van der Waals surface area contributed by atoms with Crippen LogP contribution >= 0.6 is 35.0 Å². The summed E-state index contributed by atoms with van der Waals surface area (Å²) in [6.07, 6.45) is 0. The van der Waals surface area contributed by atoms with Gasteiger partial charge in [-0.1, -0.05) is 41.4 Å². The molecule has 2 aromatic carbocycles. The minimum absolute atomic E-state index is 0.0397. The largest absolute Gasteiger partial charge is 0.323 e. The zero-order valence-electron chi connectivity index (χ0n) is 10.6. The summed E-state index contributed by atoms with van der Waals surface area (Å²) in [4.78, 5) is 1.13. The SMILES string of the molecule is Cc1ccc(C(N)CSc2cccc(Cl)c2)cc1Cl. The maximum atomic E-state index is 6.19. The van der Waals surface area contributed by atoms with Gasteiger partial charge in [-0.15, -0.1) is 11.8 Å². The first-order valence-electron chi connectivity index (χ1n) is 5.96. The second-order valence-electron chi connectivity index (χ2n) is 4.38. The molecule has 100 valence electrons. The Bertz CT molecular complexity index is 572. The molecular formula is C15H15Cl2NS. The van der Waals surface area contributed by atoms with E-state index in [1.807, 2.05) is 49.4 Å². The van der Waals surface area contributed by atoms with Crippen LogP contribution in [-0.4, -0.2) is 5.75 Å². The van der Waals surface area contributed by atoms with E-state index in [0.29, 0.717) is 0 Å². The number of hydrogen-bond acceptors (Lipinski definition) is 2. The molecule has 0 amide bonds. The van der Waals surface area contributed by atoms with E-state index in [1.165, 1.54) is 0 Å². The van der Waals surface area contributed by atoms with Crippen LogP contribution in [0.4, 0.5) is 0 Å². The topological polar surface area (TPSA) is 26.0 Å². The van der Waals surface area contributed by atoms with Crippen molar-refractivity contribution in [2.45, 2.75) is 17.9 Å². The molecule has 19 heavy (non-hydrogen) atoms. The molecule has 0 spiro atoms. The van der Waals surface area contributed by atoms with Crippen LogP contribution in [0.2, 0.25) is 10.0 Å². The first kappa shape index (κ1) is 14.7. The van der Waals surface area contributed by atoms with Crippen LogP contribution in [0.15, 0.2) is 47.4 Å². The summed E-state index contributed by atoms with van der Waals surface area (Å²) < 4.78 is 0. The van der Waals surface area contributed by atoms with Gasteiger partial charge in [-0.25, -0.2) is 0 Å². The summed E-state index contributed by atoms with van der Waals surface area (Å²) in [7, 11) is 0. The fourth-order valence-electron chi connectivity index (χ4n) is 1.68. The molecule has 0 aliphatic heterocycles. The molecule has 0 radical (unpaired) electrons.